The van der Waals surface area contributed by atoms with Gasteiger partial charge in [-0.1, -0.05) is 73.2 Å². The molecule has 5 N–H and O–H groups in total. The highest BCUT2D eigenvalue weighted by molar-refractivity contribution is 7.99. The van der Waals surface area contributed by atoms with Gasteiger partial charge in [0.05, 0.1) is 25.4 Å². The van der Waals surface area contributed by atoms with Crippen molar-refractivity contribution in [2.45, 2.75) is 70.2 Å². The van der Waals surface area contributed by atoms with E-state index < -0.39 is 12.2 Å². The number of aliphatic hydroxyl groups is 2. The number of hydrogen-bond acceptors (Lipinski definition) is 8. The van der Waals surface area contributed by atoms with Gasteiger partial charge in [-0.05, 0) is 46.7 Å². The number of carbonyl (C=O) groups excluding carboxylic acids is 2. The number of thioether (sulfide) groups is 1. The molecule has 1 fully saturated rings. The lowest BCUT2D eigenvalue weighted by Crippen LogP contribution is -2.31. The number of hydroxylamine groups is 1. The number of hydrogen-bond donors (Lipinski definition) is 5. The fourth-order valence-corrected chi connectivity index (χ4v) is 5.86. The molecule has 0 aliphatic carbocycles. The molecule has 0 bridgehead atoms. The van der Waals surface area contributed by atoms with Gasteiger partial charge in [0, 0.05) is 42.9 Å². The van der Waals surface area contributed by atoms with E-state index in [1.54, 1.807) is 17.2 Å². The van der Waals surface area contributed by atoms with Crippen LogP contribution in [-0.2, 0) is 32.2 Å². The molecule has 3 unspecified atom stereocenters. The molecule has 1 heterocycles. The Morgan fingerprint density at radius 3 is 2.25 bits per heavy atom. The molecule has 236 valence electrons. The van der Waals surface area contributed by atoms with Gasteiger partial charge < -0.3 is 25.0 Å². The topological polar surface area (TPSA) is 137 Å². The fourth-order valence-electron chi connectivity index (χ4n) is 5.09. The molecule has 0 saturated carbocycles. The maximum atomic E-state index is 12.3. The van der Waals surface area contributed by atoms with Crippen LogP contribution in [0.1, 0.15) is 73.2 Å². The molecule has 3 aromatic rings. The maximum Gasteiger partial charge on any atom is 0.243 e. The minimum absolute atomic E-state index is 0.00161. The van der Waals surface area contributed by atoms with Crippen LogP contribution in [0.25, 0.3) is 11.1 Å². The first-order chi connectivity index (χ1) is 21.5. The summed E-state index contributed by atoms with van der Waals surface area (Å²) >= 11 is 1.66. The second-order valence-corrected chi connectivity index (χ2v) is 12.0. The molecular weight excluding hydrogens is 580 g/mol. The van der Waals surface area contributed by atoms with Crippen molar-refractivity contribution >= 4 is 23.6 Å². The molecule has 44 heavy (non-hydrogen) atoms. The monoisotopic (exact) mass is 622 g/mol. The number of carbonyl (C=O) groups is 2. The summed E-state index contributed by atoms with van der Waals surface area (Å²) in [6.07, 6.45) is 2.68. The highest BCUT2D eigenvalue weighted by Crippen LogP contribution is 2.39. The average molecular weight is 623 g/mol. The molecule has 9 nitrogen and oxygen atoms in total. The molecule has 1 aliphatic rings. The van der Waals surface area contributed by atoms with Crippen molar-refractivity contribution in [3.8, 4) is 11.1 Å². The molecule has 3 atom stereocenters. The minimum atomic E-state index is -0.534. The first-order valence-corrected chi connectivity index (χ1v) is 16.2. The predicted molar refractivity (Wildman–Crippen MR) is 170 cm³/mol. The molecule has 1 saturated heterocycles. The van der Waals surface area contributed by atoms with E-state index in [0.29, 0.717) is 38.0 Å². The zero-order valence-electron chi connectivity index (χ0n) is 24.8. The molecule has 10 heteroatoms. The van der Waals surface area contributed by atoms with E-state index in [0.717, 1.165) is 45.6 Å². The standard InChI is InChI=1S/C34H42N2O7S/c37-17-18-44-23-30-20-31(27-11-9-24(22-38)10-12-27)43-34(42-30)28-15-13-26(14-16-28)29-6-4-5-25(19-29)21-35-32(39)7-2-1-3-8-33(40)36-41/h4-6,9-16,19,30-31,34,37-38,41H,1-3,7-8,17-18,20-23H2,(H,35,39)(H,36,40). The number of rotatable bonds is 16. The lowest BCUT2D eigenvalue weighted by molar-refractivity contribution is -0.245. The fraction of sp³-hybridized carbons (Fsp3) is 0.412. The van der Waals surface area contributed by atoms with E-state index in [9.17, 15) is 19.8 Å². The van der Waals surface area contributed by atoms with Crippen molar-refractivity contribution < 1.29 is 34.5 Å². The Bertz CT molecular complexity index is 1320. The maximum absolute atomic E-state index is 12.3. The third-order valence-electron chi connectivity index (χ3n) is 7.52. The number of benzene rings is 3. The lowest BCUT2D eigenvalue weighted by Gasteiger charge is -2.36. The van der Waals surface area contributed by atoms with E-state index in [-0.39, 0.29) is 37.7 Å². The molecule has 3 aromatic carbocycles. The van der Waals surface area contributed by atoms with Crippen molar-refractivity contribution in [3.63, 3.8) is 0 Å². The van der Waals surface area contributed by atoms with Gasteiger partial charge in [0.2, 0.25) is 11.8 Å². The summed E-state index contributed by atoms with van der Waals surface area (Å²) in [5, 5.41) is 30.1. The van der Waals surface area contributed by atoms with E-state index in [1.165, 1.54) is 0 Å². The summed E-state index contributed by atoms with van der Waals surface area (Å²) in [5.74, 6) is 0.977. The summed E-state index contributed by atoms with van der Waals surface area (Å²) in [6, 6.07) is 24.0. The van der Waals surface area contributed by atoms with E-state index >= 15 is 0 Å². The van der Waals surface area contributed by atoms with Crippen molar-refractivity contribution in [1.29, 1.82) is 0 Å². The zero-order valence-corrected chi connectivity index (χ0v) is 25.6. The number of unbranched alkanes of at least 4 members (excludes halogenated alkanes) is 2. The Kier molecular flexibility index (Phi) is 13.7. The second kappa shape index (κ2) is 17.9. The largest absolute Gasteiger partial charge is 0.396 e. The van der Waals surface area contributed by atoms with Gasteiger partial charge in [0.15, 0.2) is 6.29 Å². The summed E-state index contributed by atoms with van der Waals surface area (Å²) in [4.78, 5) is 23.3. The molecule has 0 spiro atoms. The normalized spacial score (nSPS) is 18.1. The van der Waals surface area contributed by atoms with Crippen LogP contribution < -0.4 is 10.8 Å². The Morgan fingerprint density at radius 1 is 0.818 bits per heavy atom. The van der Waals surface area contributed by atoms with Crippen LogP contribution in [0, 0.1) is 0 Å². The van der Waals surface area contributed by atoms with Crippen molar-refractivity contribution in [1.82, 2.24) is 10.8 Å². The van der Waals surface area contributed by atoms with Crippen LogP contribution in [0.15, 0.2) is 72.8 Å². The van der Waals surface area contributed by atoms with Crippen LogP contribution in [0.3, 0.4) is 0 Å². The Labute approximate surface area is 262 Å². The highest BCUT2D eigenvalue weighted by atomic mass is 32.2. The average Bonchev–Trinajstić information content (AvgIpc) is 3.07. The first kappa shape index (κ1) is 33.6. The Balaban J connectivity index is 1.35. The lowest BCUT2D eigenvalue weighted by atomic mass is 9.99. The third-order valence-corrected chi connectivity index (χ3v) is 8.60. The van der Waals surface area contributed by atoms with E-state index in [1.807, 2.05) is 66.7 Å². The SMILES string of the molecule is O=C(CCCCCC(=O)NCc1cccc(-c2ccc(C3OC(CSCCO)CC(c4ccc(CO)cc4)O3)cc2)c1)NO. The van der Waals surface area contributed by atoms with Crippen LogP contribution in [0.5, 0.6) is 0 Å². The molecule has 1 aliphatic heterocycles. The van der Waals surface area contributed by atoms with Gasteiger partial charge >= 0.3 is 0 Å². The quantitative estimate of drug-likeness (QED) is 0.0837. The van der Waals surface area contributed by atoms with Gasteiger partial charge in [-0.3, -0.25) is 14.8 Å². The highest BCUT2D eigenvalue weighted by Gasteiger charge is 2.32. The summed E-state index contributed by atoms with van der Waals surface area (Å²) in [7, 11) is 0. The first-order valence-electron chi connectivity index (χ1n) is 15.1. The van der Waals surface area contributed by atoms with Crippen LogP contribution in [0.4, 0.5) is 0 Å². The van der Waals surface area contributed by atoms with Crippen LogP contribution in [-0.4, -0.2) is 51.5 Å². The number of amides is 2. The minimum Gasteiger partial charge on any atom is -0.396 e. The molecule has 0 aromatic heterocycles. The smallest absolute Gasteiger partial charge is 0.243 e. The van der Waals surface area contributed by atoms with Crippen molar-refractivity contribution in [3.05, 3.63) is 95.1 Å². The predicted octanol–water partition coefficient (Wildman–Crippen LogP) is 5.19. The number of aliphatic hydroxyl groups excluding tert-OH is 2. The number of nitrogens with one attached hydrogen (secondary N) is 2. The zero-order chi connectivity index (χ0) is 31.1. The van der Waals surface area contributed by atoms with Gasteiger partial charge in [-0.25, -0.2) is 5.48 Å². The van der Waals surface area contributed by atoms with Crippen molar-refractivity contribution in [2.75, 3.05) is 18.1 Å². The van der Waals surface area contributed by atoms with Crippen LogP contribution >= 0.6 is 11.8 Å². The number of ether oxygens (including phenoxy) is 2. The second-order valence-electron chi connectivity index (χ2n) is 10.8. The molecule has 2 amide bonds. The summed E-state index contributed by atoms with van der Waals surface area (Å²) in [6.45, 7) is 0.559. The van der Waals surface area contributed by atoms with Crippen LogP contribution in [0.2, 0.25) is 0 Å². The molecule has 4 rings (SSSR count). The summed E-state index contributed by atoms with van der Waals surface area (Å²) < 4.78 is 12.8. The van der Waals surface area contributed by atoms with Gasteiger partial charge in [0.1, 0.15) is 0 Å². The van der Waals surface area contributed by atoms with Gasteiger partial charge in [-0.15, -0.1) is 0 Å². The Hall–Kier alpha value is -3.25. The summed E-state index contributed by atoms with van der Waals surface area (Å²) in [5.41, 5.74) is 7.50. The van der Waals surface area contributed by atoms with Gasteiger partial charge in [-0.2, -0.15) is 11.8 Å². The van der Waals surface area contributed by atoms with E-state index in [2.05, 4.69) is 11.4 Å². The van der Waals surface area contributed by atoms with Crippen molar-refractivity contribution in [2.24, 2.45) is 0 Å². The Morgan fingerprint density at radius 2 is 1.55 bits per heavy atom. The molecular formula is C34H42N2O7S. The third kappa shape index (κ3) is 10.4. The van der Waals surface area contributed by atoms with Gasteiger partial charge in [0.25, 0.3) is 0 Å². The molecule has 0 radical (unpaired) electrons. The van der Waals surface area contributed by atoms with E-state index in [4.69, 9.17) is 14.7 Å².